The lowest BCUT2D eigenvalue weighted by Crippen LogP contribution is -2.28. The monoisotopic (exact) mass is 294 g/mol. The number of hydrogen-bond acceptors (Lipinski definition) is 6. The Morgan fingerprint density at radius 3 is 2.90 bits per heavy atom. The van der Waals surface area contributed by atoms with Crippen LogP contribution in [0.15, 0.2) is 18.2 Å². The Morgan fingerprint density at radius 2 is 2.24 bits per heavy atom. The summed E-state index contributed by atoms with van der Waals surface area (Å²) in [6.45, 7) is 4.30. The van der Waals surface area contributed by atoms with Crippen molar-refractivity contribution in [3.8, 4) is 0 Å². The summed E-state index contributed by atoms with van der Waals surface area (Å²) in [6.07, 6.45) is 2.49. The topological polar surface area (TPSA) is 105 Å². The molecule has 1 aliphatic rings. The summed E-state index contributed by atoms with van der Waals surface area (Å²) in [5, 5.41) is 21.0. The Kier molecular flexibility index (Phi) is 4.76. The molecule has 0 radical (unpaired) electrons. The number of likely N-dealkylation sites (tertiary alicyclic amines) is 1. The second kappa shape index (κ2) is 6.38. The molecule has 0 spiro atoms. The van der Waals surface area contributed by atoms with E-state index in [1.807, 2.05) is 6.92 Å². The number of nitrogens with one attached hydrogen (secondary N) is 1. The molecule has 116 valence electrons. The van der Waals surface area contributed by atoms with Gasteiger partial charge < -0.3 is 10.5 Å². The molecule has 1 aromatic carbocycles. The molecule has 0 saturated carbocycles. The van der Waals surface area contributed by atoms with Gasteiger partial charge in [0.2, 0.25) is 0 Å². The number of nitrogen functional groups attached to an aromatic ring is 1. The minimum atomic E-state index is -0.589. The zero-order valence-corrected chi connectivity index (χ0v) is 12.2. The van der Waals surface area contributed by atoms with E-state index in [4.69, 9.17) is 5.84 Å². The summed E-state index contributed by atoms with van der Waals surface area (Å²) in [4.78, 5) is 12.7. The van der Waals surface area contributed by atoms with Gasteiger partial charge in [-0.05, 0) is 44.4 Å². The maximum atomic E-state index is 10.9. The molecule has 0 amide bonds. The molecule has 1 unspecified atom stereocenters. The van der Waals surface area contributed by atoms with Gasteiger partial charge >= 0.3 is 0 Å². The average Bonchev–Trinajstić information content (AvgIpc) is 2.60. The molecule has 1 atom stereocenters. The fraction of sp³-hybridized carbons (Fsp3) is 0.571. The number of nitro benzene ring substituents is 1. The van der Waals surface area contributed by atoms with Crippen LogP contribution in [0.4, 0.5) is 11.4 Å². The predicted molar refractivity (Wildman–Crippen MR) is 80.7 cm³/mol. The number of nitrogens with zero attached hydrogens (tertiary/aromatic N) is 2. The number of nitrogens with two attached hydrogens (primary N) is 1. The summed E-state index contributed by atoms with van der Waals surface area (Å²) in [7, 11) is 0. The van der Waals surface area contributed by atoms with Gasteiger partial charge in [-0.1, -0.05) is 6.07 Å². The van der Waals surface area contributed by atoms with Crippen molar-refractivity contribution in [3.63, 3.8) is 0 Å². The second-order valence-electron chi connectivity index (χ2n) is 5.88. The van der Waals surface area contributed by atoms with Crippen molar-refractivity contribution in [1.29, 1.82) is 0 Å². The van der Waals surface area contributed by atoms with Crippen LogP contribution in [0.1, 0.15) is 31.7 Å². The molecule has 4 N–H and O–H groups in total. The predicted octanol–water partition coefficient (Wildman–Crippen LogP) is 1.62. The van der Waals surface area contributed by atoms with Crippen LogP contribution in [0, 0.1) is 10.1 Å². The molecule has 7 heteroatoms. The minimum Gasteiger partial charge on any atom is -0.390 e. The molecular formula is C14H22N4O3. The average molecular weight is 294 g/mol. The summed E-state index contributed by atoms with van der Waals surface area (Å²) in [5.41, 5.74) is 3.05. The van der Waals surface area contributed by atoms with Gasteiger partial charge in [0.15, 0.2) is 0 Å². The third-order valence-electron chi connectivity index (χ3n) is 3.98. The molecular weight excluding hydrogens is 272 g/mol. The molecule has 0 aliphatic carbocycles. The quantitative estimate of drug-likeness (QED) is 0.443. The van der Waals surface area contributed by atoms with Crippen LogP contribution in [0.3, 0.4) is 0 Å². The molecule has 1 heterocycles. The van der Waals surface area contributed by atoms with Crippen LogP contribution in [0.5, 0.6) is 0 Å². The number of anilines is 1. The van der Waals surface area contributed by atoms with E-state index >= 15 is 0 Å². The molecule has 0 aromatic heterocycles. The molecule has 1 aliphatic heterocycles. The first-order chi connectivity index (χ1) is 9.91. The van der Waals surface area contributed by atoms with E-state index < -0.39 is 10.5 Å². The number of benzene rings is 1. The van der Waals surface area contributed by atoms with Crippen molar-refractivity contribution < 1.29 is 10.0 Å². The van der Waals surface area contributed by atoms with Crippen LogP contribution >= 0.6 is 0 Å². The summed E-state index contributed by atoms with van der Waals surface area (Å²) >= 11 is 0. The highest BCUT2D eigenvalue weighted by molar-refractivity contribution is 5.62. The molecule has 1 saturated heterocycles. The lowest BCUT2D eigenvalue weighted by atomic mass is 9.98. The van der Waals surface area contributed by atoms with Crippen molar-refractivity contribution in [2.24, 2.45) is 5.84 Å². The maximum Gasteiger partial charge on any atom is 0.293 e. The van der Waals surface area contributed by atoms with Crippen LogP contribution in [0.25, 0.3) is 0 Å². The molecule has 1 aromatic rings. The Bertz CT molecular complexity index is 519. The first-order valence-corrected chi connectivity index (χ1v) is 7.10. The van der Waals surface area contributed by atoms with Gasteiger partial charge in [-0.15, -0.1) is 0 Å². The van der Waals surface area contributed by atoms with Gasteiger partial charge in [0.1, 0.15) is 5.69 Å². The Morgan fingerprint density at radius 1 is 1.48 bits per heavy atom. The van der Waals surface area contributed by atoms with Crippen LogP contribution in [0.2, 0.25) is 0 Å². The molecule has 0 bridgehead atoms. The number of aliphatic hydroxyl groups is 1. The fourth-order valence-corrected chi connectivity index (χ4v) is 2.69. The number of hydrogen-bond donors (Lipinski definition) is 3. The zero-order chi connectivity index (χ0) is 15.5. The standard InChI is InChI=1S/C14H22N4O3/c1-14(19)5-2-7-17(8-6-14)10-11-3-4-13(18(20)21)12(9-11)16-15/h3-4,9,16,19H,2,5-8,10,15H2,1H3. The second-order valence-corrected chi connectivity index (χ2v) is 5.88. The van der Waals surface area contributed by atoms with E-state index in [1.165, 1.54) is 6.07 Å². The molecule has 7 nitrogen and oxygen atoms in total. The highest BCUT2D eigenvalue weighted by atomic mass is 16.6. The molecule has 1 fully saturated rings. The van der Waals surface area contributed by atoms with Crippen LogP contribution < -0.4 is 11.3 Å². The van der Waals surface area contributed by atoms with Crippen molar-refractivity contribution in [1.82, 2.24) is 4.90 Å². The third-order valence-corrected chi connectivity index (χ3v) is 3.98. The van der Waals surface area contributed by atoms with Crippen molar-refractivity contribution in [2.75, 3.05) is 18.5 Å². The highest BCUT2D eigenvalue weighted by Gasteiger charge is 2.25. The van der Waals surface area contributed by atoms with Gasteiger partial charge in [0, 0.05) is 19.2 Å². The molecule has 21 heavy (non-hydrogen) atoms. The van der Waals surface area contributed by atoms with E-state index in [1.54, 1.807) is 12.1 Å². The lowest BCUT2D eigenvalue weighted by Gasteiger charge is -2.22. The van der Waals surface area contributed by atoms with Crippen molar-refractivity contribution >= 4 is 11.4 Å². The number of hydrazine groups is 1. The Balaban J connectivity index is 2.07. The molecule has 2 rings (SSSR count). The maximum absolute atomic E-state index is 10.9. The first-order valence-electron chi connectivity index (χ1n) is 7.10. The van der Waals surface area contributed by atoms with Gasteiger partial charge in [-0.25, -0.2) is 0 Å². The summed E-state index contributed by atoms with van der Waals surface area (Å²) < 4.78 is 0. The fourth-order valence-electron chi connectivity index (χ4n) is 2.69. The number of rotatable bonds is 4. The minimum absolute atomic E-state index is 0.0277. The van der Waals surface area contributed by atoms with Crippen molar-refractivity contribution in [3.05, 3.63) is 33.9 Å². The lowest BCUT2D eigenvalue weighted by molar-refractivity contribution is -0.384. The largest absolute Gasteiger partial charge is 0.390 e. The smallest absolute Gasteiger partial charge is 0.293 e. The van der Waals surface area contributed by atoms with Gasteiger partial charge in [0.05, 0.1) is 10.5 Å². The highest BCUT2D eigenvalue weighted by Crippen LogP contribution is 2.26. The SMILES string of the molecule is CC1(O)CCCN(Cc2ccc([N+](=O)[O-])c(NN)c2)CC1. The van der Waals surface area contributed by atoms with Gasteiger partial charge in [-0.3, -0.25) is 20.9 Å². The first kappa shape index (κ1) is 15.7. The van der Waals surface area contributed by atoms with Gasteiger partial charge in [-0.2, -0.15) is 0 Å². The van der Waals surface area contributed by atoms with Gasteiger partial charge in [0.25, 0.3) is 5.69 Å². The van der Waals surface area contributed by atoms with E-state index in [2.05, 4.69) is 10.3 Å². The van der Waals surface area contributed by atoms with E-state index in [9.17, 15) is 15.2 Å². The van der Waals surface area contributed by atoms with E-state index in [-0.39, 0.29) is 5.69 Å². The summed E-state index contributed by atoms with van der Waals surface area (Å²) in [6, 6.07) is 4.93. The van der Waals surface area contributed by atoms with E-state index in [0.29, 0.717) is 12.2 Å². The zero-order valence-electron chi connectivity index (χ0n) is 12.2. The van der Waals surface area contributed by atoms with Crippen LogP contribution in [-0.2, 0) is 6.54 Å². The third kappa shape index (κ3) is 4.13. The Hall–Kier alpha value is -1.70. The van der Waals surface area contributed by atoms with E-state index in [0.717, 1.165) is 37.9 Å². The Labute approximate surface area is 123 Å². The normalized spacial score (nSPS) is 23.6. The van der Waals surface area contributed by atoms with Crippen LogP contribution in [-0.4, -0.2) is 33.6 Å². The number of nitro groups is 1. The summed E-state index contributed by atoms with van der Waals surface area (Å²) in [5.74, 6) is 5.35. The van der Waals surface area contributed by atoms with Crippen molar-refractivity contribution in [2.45, 2.75) is 38.3 Å².